The molecule has 0 bridgehead atoms. The average Bonchev–Trinajstić information content (AvgIpc) is 2.49. The number of halogens is 1. The van der Waals surface area contributed by atoms with Crippen molar-refractivity contribution in [2.24, 2.45) is 11.7 Å². The first-order valence-corrected chi connectivity index (χ1v) is 5.87. The maximum atomic E-state index is 9.72. The maximum Gasteiger partial charge on any atom is 0.0763 e. The van der Waals surface area contributed by atoms with Gasteiger partial charge >= 0.3 is 0 Å². The predicted octanol–water partition coefficient (Wildman–Crippen LogP) is 2.53. The molecule has 1 aromatic heterocycles. The Hall–Kier alpha value is 0.1000. The monoisotopic (exact) mass is 263 g/mol. The highest BCUT2D eigenvalue weighted by molar-refractivity contribution is 9.10. The molecule has 13 heavy (non-hydrogen) atoms. The Labute approximate surface area is 90.9 Å². The van der Waals surface area contributed by atoms with E-state index in [4.69, 9.17) is 5.73 Å². The van der Waals surface area contributed by atoms with Gasteiger partial charge in [-0.25, -0.2) is 0 Å². The first-order valence-electron chi connectivity index (χ1n) is 4.20. The summed E-state index contributed by atoms with van der Waals surface area (Å²) in [4.78, 5) is 1.02. The summed E-state index contributed by atoms with van der Waals surface area (Å²) in [5.41, 5.74) is 5.89. The van der Waals surface area contributed by atoms with E-state index >= 15 is 0 Å². The second-order valence-corrected chi connectivity index (χ2v) is 5.29. The number of rotatable bonds is 3. The lowest BCUT2D eigenvalue weighted by atomic mass is 9.99. The van der Waals surface area contributed by atoms with Gasteiger partial charge in [-0.3, -0.25) is 0 Å². The zero-order chi connectivity index (χ0) is 10.0. The highest BCUT2D eigenvalue weighted by Crippen LogP contribution is 2.28. The van der Waals surface area contributed by atoms with Crippen molar-refractivity contribution in [3.63, 3.8) is 0 Å². The third-order valence-electron chi connectivity index (χ3n) is 1.97. The number of thiophene rings is 1. The van der Waals surface area contributed by atoms with Crippen LogP contribution in [0.25, 0.3) is 0 Å². The van der Waals surface area contributed by atoms with E-state index in [2.05, 4.69) is 15.9 Å². The van der Waals surface area contributed by atoms with Crippen LogP contribution >= 0.6 is 27.3 Å². The van der Waals surface area contributed by atoms with Crippen LogP contribution in [-0.2, 0) is 0 Å². The van der Waals surface area contributed by atoms with E-state index in [1.807, 2.05) is 25.3 Å². The molecule has 2 nitrogen and oxygen atoms in total. The summed E-state index contributed by atoms with van der Waals surface area (Å²) in [6.45, 7) is 3.93. The standard InChI is InChI=1S/C9H14BrNOS/c1-5(2)9(12)8(11)7-3-6(10)4-13-7/h3-5,8-9,12H,11H2,1-2H3/t8-,9+/m1/s1. The fraction of sp³-hybridized carbons (Fsp3) is 0.556. The maximum absolute atomic E-state index is 9.72. The number of aliphatic hydroxyl groups is 1. The van der Waals surface area contributed by atoms with Gasteiger partial charge in [-0.15, -0.1) is 11.3 Å². The Bertz CT molecular complexity index is 274. The van der Waals surface area contributed by atoms with Crippen molar-refractivity contribution >= 4 is 27.3 Å². The summed E-state index contributed by atoms with van der Waals surface area (Å²) in [5, 5.41) is 11.7. The van der Waals surface area contributed by atoms with E-state index in [-0.39, 0.29) is 12.0 Å². The van der Waals surface area contributed by atoms with Crippen molar-refractivity contribution in [3.05, 3.63) is 20.8 Å². The van der Waals surface area contributed by atoms with Crippen LogP contribution in [0, 0.1) is 5.92 Å². The molecule has 2 atom stereocenters. The Morgan fingerprint density at radius 3 is 2.54 bits per heavy atom. The molecule has 0 aliphatic carbocycles. The summed E-state index contributed by atoms with van der Waals surface area (Å²) < 4.78 is 1.03. The third-order valence-corrected chi connectivity index (χ3v) is 3.76. The third kappa shape index (κ3) is 2.77. The van der Waals surface area contributed by atoms with E-state index in [1.165, 1.54) is 0 Å². The van der Waals surface area contributed by atoms with Crippen molar-refractivity contribution < 1.29 is 5.11 Å². The Balaban J connectivity index is 2.73. The largest absolute Gasteiger partial charge is 0.391 e. The van der Waals surface area contributed by atoms with Gasteiger partial charge in [0.05, 0.1) is 12.1 Å². The fourth-order valence-electron chi connectivity index (χ4n) is 1.09. The Morgan fingerprint density at radius 1 is 1.54 bits per heavy atom. The highest BCUT2D eigenvalue weighted by atomic mass is 79.9. The van der Waals surface area contributed by atoms with E-state index in [0.29, 0.717) is 0 Å². The zero-order valence-corrected chi connectivity index (χ0v) is 10.1. The lowest BCUT2D eigenvalue weighted by Crippen LogP contribution is -2.29. The number of hydrogen-bond donors (Lipinski definition) is 2. The van der Waals surface area contributed by atoms with E-state index in [1.54, 1.807) is 11.3 Å². The van der Waals surface area contributed by atoms with Crippen molar-refractivity contribution in [1.29, 1.82) is 0 Å². The van der Waals surface area contributed by atoms with Crippen molar-refractivity contribution in [2.75, 3.05) is 0 Å². The number of hydrogen-bond acceptors (Lipinski definition) is 3. The van der Waals surface area contributed by atoms with Gasteiger partial charge in [0.25, 0.3) is 0 Å². The van der Waals surface area contributed by atoms with Crippen molar-refractivity contribution in [1.82, 2.24) is 0 Å². The summed E-state index contributed by atoms with van der Waals surface area (Å²) in [7, 11) is 0. The minimum absolute atomic E-state index is 0.191. The molecule has 0 radical (unpaired) electrons. The molecule has 0 amide bonds. The smallest absolute Gasteiger partial charge is 0.0763 e. The summed E-state index contributed by atoms with van der Waals surface area (Å²) >= 11 is 4.93. The molecule has 0 saturated heterocycles. The van der Waals surface area contributed by atoms with Gasteiger partial charge in [-0.05, 0) is 27.9 Å². The van der Waals surface area contributed by atoms with Crippen LogP contribution in [0.3, 0.4) is 0 Å². The fourth-order valence-corrected chi connectivity index (χ4v) is 2.57. The summed E-state index contributed by atoms with van der Waals surface area (Å²) in [5.74, 6) is 0.191. The second-order valence-electron chi connectivity index (χ2n) is 3.43. The van der Waals surface area contributed by atoms with Gasteiger partial charge in [-0.1, -0.05) is 13.8 Å². The molecule has 0 unspecified atom stereocenters. The predicted molar refractivity (Wildman–Crippen MR) is 59.8 cm³/mol. The van der Waals surface area contributed by atoms with E-state index < -0.39 is 6.10 Å². The van der Waals surface area contributed by atoms with Gasteiger partial charge in [0.2, 0.25) is 0 Å². The molecule has 74 valence electrons. The number of aliphatic hydroxyl groups excluding tert-OH is 1. The summed E-state index contributed by atoms with van der Waals surface area (Å²) in [6.07, 6.45) is -0.467. The molecule has 0 fully saturated rings. The SMILES string of the molecule is CC(C)[C@H](O)[C@H](N)c1cc(Br)cs1. The Kier molecular flexibility index (Phi) is 3.91. The second kappa shape index (κ2) is 4.55. The van der Waals surface area contributed by atoms with Gasteiger partial charge < -0.3 is 10.8 Å². The molecule has 1 rings (SSSR count). The van der Waals surface area contributed by atoms with Gasteiger partial charge in [0.1, 0.15) is 0 Å². The van der Waals surface area contributed by atoms with Crippen LogP contribution in [0.15, 0.2) is 15.9 Å². The van der Waals surface area contributed by atoms with E-state index in [9.17, 15) is 5.11 Å². The number of nitrogens with two attached hydrogens (primary N) is 1. The van der Waals surface area contributed by atoms with Gasteiger partial charge in [0, 0.05) is 14.7 Å². The molecule has 0 aromatic carbocycles. The molecular formula is C9H14BrNOS. The van der Waals surface area contributed by atoms with Crippen LogP contribution < -0.4 is 5.73 Å². The molecule has 3 N–H and O–H groups in total. The average molecular weight is 264 g/mol. The molecule has 1 heterocycles. The van der Waals surface area contributed by atoms with Crippen LogP contribution in [0.1, 0.15) is 24.8 Å². The molecule has 0 aliphatic heterocycles. The first kappa shape index (κ1) is 11.2. The van der Waals surface area contributed by atoms with E-state index in [0.717, 1.165) is 9.35 Å². The molecule has 0 aliphatic rings. The van der Waals surface area contributed by atoms with Crippen LogP contribution in [0.4, 0.5) is 0 Å². The minimum atomic E-state index is -0.467. The van der Waals surface area contributed by atoms with Gasteiger partial charge in [0.15, 0.2) is 0 Å². The van der Waals surface area contributed by atoms with Crippen LogP contribution in [0.2, 0.25) is 0 Å². The lowest BCUT2D eigenvalue weighted by Gasteiger charge is -2.20. The molecule has 1 aromatic rings. The first-order chi connectivity index (χ1) is 6.02. The molecule has 0 saturated carbocycles. The summed E-state index contributed by atoms with van der Waals surface area (Å²) in [6, 6.07) is 1.69. The minimum Gasteiger partial charge on any atom is -0.391 e. The topological polar surface area (TPSA) is 46.2 Å². The zero-order valence-electron chi connectivity index (χ0n) is 7.70. The quantitative estimate of drug-likeness (QED) is 0.881. The lowest BCUT2D eigenvalue weighted by molar-refractivity contribution is 0.0991. The van der Waals surface area contributed by atoms with Crippen molar-refractivity contribution in [3.8, 4) is 0 Å². The highest BCUT2D eigenvalue weighted by Gasteiger charge is 2.21. The molecule has 0 spiro atoms. The Morgan fingerprint density at radius 2 is 2.15 bits per heavy atom. The van der Waals surface area contributed by atoms with Crippen molar-refractivity contribution in [2.45, 2.75) is 26.0 Å². The van der Waals surface area contributed by atoms with Gasteiger partial charge in [-0.2, -0.15) is 0 Å². The molecular weight excluding hydrogens is 250 g/mol. The van der Waals surface area contributed by atoms with Crippen LogP contribution in [-0.4, -0.2) is 11.2 Å². The normalized spacial score (nSPS) is 16.2. The van der Waals surface area contributed by atoms with Crippen LogP contribution in [0.5, 0.6) is 0 Å². The molecule has 4 heteroatoms.